The molecule has 3 atom stereocenters. The predicted molar refractivity (Wildman–Crippen MR) is 133 cm³/mol. The molecule has 2 saturated heterocycles. The molecule has 3 N–H and O–H groups in total. The van der Waals surface area contributed by atoms with Gasteiger partial charge in [-0.15, -0.1) is 0 Å². The Hall–Kier alpha value is -0.120. The van der Waals surface area contributed by atoms with Crippen LogP contribution in [0.15, 0.2) is 0 Å². The molecule has 0 radical (unpaired) electrons. The molecule has 0 saturated carbocycles. The zero-order chi connectivity index (χ0) is 21.1. The highest BCUT2D eigenvalue weighted by atomic mass is 15.0. The summed E-state index contributed by atoms with van der Waals surface area (Å²) in [6, 6.07) is 1.99. The van der Waals surface area contributed by atoms with Crippen LogP contribution in [-0.2, 0) is 0 Å². The van der Waals surface area contributed by atoms with Crippen LogP contribution in [0, 0.1) is 0 Å². The highest BCUT2D eigenvalue weighted by Gasteiger charge is 2.22. The summed E-state index contributed by atoms with van der Waals surface area (Å²) >= 11 is 0. The first-order valence-electron chi connectivity index (χ1n) is 14.1. The van der Waals surface area contributed by atoms with Gasteiger partial charge in [0.05, 0.1) is 0 Å². The Bertz CT molecular complexity index is 351. The van der Waals surface area contributed by atoms with E-state index in [0.717, 1.165) is 6.54 Å². The van der Waals surface area contributed by atoms with Crippen molar-refractivity contribution in [2.75, 3.05) is 19.6 Å². The second kappa shape index (κ2) is 18.5. The van der Waals surface area contributed by atoms with Crippen molar-refractivity contribution < 1.29 is 0 Å². The zero-order valence-electron chi connectivity index (χ0n) is 20.5. The number of nitrogens with one attached hydrogen (secondary N) is 3. The fourth-order valence-corrected chi connectivity index (χ4v) is 5.44. The van der Waals surface area contributed by atoms with E-state index < -0.39 is 0 Å². The quantitative estimate of drug-likeness (QED) is 0.381. The Morgan fingerprint density at radius 2 is 1.23 bits per heavy atom. The van der Waals surface area contributed by atoms with Gasteiger partial charge in [-0.1, -0.05) is 103 Å². The summed E-state index contributed by atoms with van der Waals surface area (Å²) in [4.78, 5) is 0. The van der Waals surface area contributed by atoms with Crippen molar-refractivity contribution in [1.29, 1.82) is 0 Å². The first kappa shape index (κ1) is 26.1. The van der Waals surface area contributed by atoms with E-state index in [1.807, 2.05) is 0 Å². The molecular weight excluding hydrogens is 366 g/mol. The van der Waals surface area contributed by atoms with Gasteiger partial charge in [0, 0.05) is 24.7 Å². The van der Waals surface area contributed by atoms with Gasteiger partial charge >= 0.3 is 0 Å². The summed E-state index contributed by atoms with van der Waals surface area (Å²) in [5, 5.41) is 12.0. The minimum absolute atomic E-state index is 0.650. The van der Waals surface area contributed by atoms with Crippen molar-refractivity contribution in [2.45, 2.75) is 153 Å². The minimum Gasteiger partial charge on any atom is -0.313 e. The molecule has 2 heterocycles. The molecule has 0 spiro atoms. The van der Waals surface area contributed by atoms with Crippen molar-refractivity contribution in [3.63, 3.8) is 0 Å². The average Bonchev–Trinajstić information content (AvgIpc) is 2.75. The number of hydrogen-bond acceptors (Lipinski definition) is 3. The Morgan fingerprint density at radius 1 is 0.667 bits per heavy atom. The van der Waals surface area contributed by atoms with E-state index >= 15 is 0 Å². The van der Waals surface area contributed by atoms with Gasteiger partial charge in [-0.2, -0.15) is 0 Å². The lowest BCUT2D eigenvalue weighted by Gasteiger charge is -2.32. The molecule has 0 aliphatic carbocycles. The molecule has 2 fully saturated rings. The lowest BCUT2D eigenvalue weighted by molar-refractivity contribution is 0.298. The molecule has 0 aromatic carbocycles. The van der Waals surface area contributed by atoms with Crippen LogP contribution in [0.1, 0.15) is 135 Å². The molecule has 3 heteroatoms. The molecule has 3 nitrogen and oxygen atoms in total. The number of hydrogen-bond donors (Lipinski definition) is 3. The lowest BCUT2D eigenvalue weighted by Crippen LogP contribution is -2.52. The largest absolute Gasteiger partial charge is 0.313 e. The molecule has 178 valence electrons. The normalized spacial score (nSPS) is 27.5. The summed E-state index contributed by atoms with van der Waals surface area (Å²) < 4.78 is 0. The van der Waals surface area contributed by atoms with E-state index in [9.17, 15) is 0 Å². The highest BCUT2D eigenvalue weighted by Crippen LogP contribution is 2.17. The topological polar surface area (TPSA) is 36.1 Å². The number of unbranched alkanes of at least 4 members (excludes halogenated alkanes) is 2. The molecule has 3 unspecified atom stereocenters. The SMILES string of the molecule is CCCCCC(NCC1CCCCCCCCN1)C1CCCCCCCCCCN1. The second-order valence-corrected chi connectivity index (χ2v) is 10.2. The van der Waals surface area contributed by atoms with Crippen LogP contribution in [0.3, 0.4) is 0 Å². The fraction of sp³-hybridized carbons (Fsp3) is 1.00. The van der Waals surface area contributed by atoms with Crippen LogP contribution >= 0.6 is 0 Å². The van der Waals surface area contributed by atoms with Crippen molar-refractivity contribution in [3.8, 4) is 0 Å². The van der Waals surface area contributed by atoms with Gasteiger partial charge in [-0.3, -0.25) is 0 Å². The van der Waals surface area contributed by atoms with Gasteiger partial charge in [0.1, 0.15) is 0 Å². The predicted octanol–water partition coefficient (Wildman–Crippen LogP) is 6.71. The average molecular weight is 422 g/mol. The monoisotopic (exact) mass is 421 g/mol. The summed E-state index contributed by atoms with van der Waals surface area (Å²) in [5.41, 5.74) is 0. The van der Waals surface area contributed by atoms with E-state index in [1.54, 1.807) is 0 Å². The Kier molecular flexibility index (Phi) is 16.1. The van der Waals surface area contributed by atoms with E-state index in [2.05, 4.69) is 22.9 Å². The molecular formula is C27H55N3. The van der Waals surface area contributed by atoms with E-state index in [1.165, 1.54) is 142 Å². The van der Waals surface area contributed by atoms with Gasteiger partial charge in [-0.05, 0) is 45.2 Å². The third-order valence-corrected chi connectivity index (χ3v) is 7.49. The van der Waals surface area contributed by atoms with Crippen LogP contribution in [0.4, 0.5) is 0 Å². The lowest BCUT2D eigenvalue weighted by atomic mass is 9.94. The number of rotatable bonds is 8. The van der Waals surface area contributed by atoms with E-state index in [0.29, 0.717) is 18.1 Å². The highest BCUT2D eigenvalue weighted by molar-refractivity contribution is 4.85. The van der Waals surface area contributed by atoms with Gasteiger partial charge in [0.2, 0.25) is 0 Å². The maximum absolute atomic E-state index is 4.09. The van der Waals surface area contributed by atoms with Crippen LogP contribution in [0.5, 0.6) is 0 Å². The standard InChI is InChI=1S/C27H55N3/c1-2-3-14-20-27(26-21-16-11-6-4-5-8-13-18-23-29-26)30-24-25-19-15-10-7-9-12-17-22-28-25/h25-30H,2-24H2,1H3. The summed E-state index contributed by atoms with van der Waals surface area (Å²) in [6.45, 7) is 5.93. The Morgan fingerprint density at radius 3 is 1.90 bits per heavy atom. The molecule has 0 bridgehead atoms. The third-order valence-electron chi connectivity index (χ3n) is 7.49. The van der Waals surface area contributed by atoms with Crippen molar-refractivity contribution in [2.24, 2.45) is 0 Å². The fourth-order valence-electron chi connectivity index (χ4n) is 5.44. The molecule has 0 aromatic rings. The maximum atomic E-state index is 4.09. The maximum Gasteiger partial charge on any atom is 0.0221 e. The molecule has 2 aliphatic heterocycles. The second-order valence-electron chi connectivity index (χ2n) is 10.2. The zero-order valence-corrected chi connectivity index (χ0v) is 20.5. The van der Waals surface area contributed by atoms with Gasteiger partial charge < -0.3 is 16.0 Å². The smallest absolute Gasteiger partial charge is 0.0221 e. The minimum atomic E-state index is 0.650. The molecule has 2 aliphatic rings. The molecule has 0 aromatic heterocycles. The first-order valence-corrected chi connectivity index (χ1v) is 14.1. The van der Waals surface area contributed by atoms with Crippen molar-refractivity contribution in [1.82, 2.24) is 16.0 Å². The summed E-state index contributed by atoms with van der Waals surface area (Å²) in [5.74, 6) is 0. The van der Waals surface area contributed by atoms with E-state index in [4.69, 9.17) is 0 Å². The molecule has 2 rings (SSSR count). The van der Waals surface area contributed by atoms with Crippen molar-refractivity contribution in [3.05, 3.63) is 0 Å². The van der Waals surface area contributed by atoms with Gasteiger partial charge in [-0.25, -0.2) is 0 Å². The third kappa shape index (κ3) is 12.7. The first-order chi connectivity index (χ1) is 14.9. The van der Waals surface area contributed by atoms with Gasteiger partial charge in [0.15, 0.2) is 0 Å². The summed E-state index contributed by atoms with van der Waals surface area (Å²) in [6.07, 6.45) is 28.1. The van der Waals surface area contributed by atoms with Crippen LogP contribution < -0.4 is 16.0 Å². The molecule has 30 heavy (non-hydrogen) atoms. The van der Waals surface area contributed by atoms with Crippen LogP contribution in [0.25, 0.3) is 0 Å². The van der Waals surface area contributed by atoms with Crippen LogP contribution in [0.2, 0.25) is 0 Å². The Balaban J connectivity index is 1.87. The van der Waals surface area contributed by atoms with Crippen LogP contribution in [-0.4, -0.2) is 37.8 Å². The summed E-state index contributed by atoms with van der Waals surface area (Å²) in [7, 11) is 0. The molecule has 0 amide bonds. The Labute approximate surface area is 189 Å². The van der Waals surface area contributed by atoms with Gasteiger partial charge in [0.25, 0.3) is 0 Å². The van der Waals surface area contributed by atoms with Crippen molar-refractivity contribution >= 4 is 0 Å². The van der Waals surface area contributed by atoms with E-state index in [-0.39, 0.29) is 0 Å².